The fraction of sp³-hybridized carbons (Fsp3) is 0.100. The molecule has 74 valence electrons. The van der Waals surface area contributed by atoms with Crippen molar-refractivity contribution in [1.29, 1.82) is 0 Å². The molecule has 0 saturated carbocycles. The number of nitrogens with zero attached hydrogens (tertiary/aromatic N) is 2. The number of fused-ring (bicyclic) bond motifs is 1. The molecule has 3 rings (SSSR count). The SMILES string of the molecule is O=C1OC2C(=O)N(c3ccccc3)N=C12. The van der Waals surface area contributed by atoms with Gasteiger partial charge in [-0.15, -0.1) is 0 Å². The number of hydrazone groups is 1. The Morgan fingerprint density at radius 1 is 1.20 bits per heavy atom. The third-order valence-corrected chi connectivity index (χ3v) is 2.32. The van der Waals surface area contributed by atoms with E-state index < -0.39 is 12.1 Å². The molecule has 0 spiro atoms. The number of ether oxygens (including phenoxy) is 1. The molecule has 0 N–H and O–H groups in total. The lowest BCUT2D eigenvalue weighted by atomic mass is 10.1. The van der Waals surface area contributed by atoms with E-state index in [1.807, 2.05) is 6.07 Å². The smallest absolute Gasteiger partial charge is 0.360 e. The summed E-state index contributed by atoms with van der Waals surface area (Å²) in [5.41, 5.74) is 0.838. The third-order valence-electron chi connectivity index (χ3n) is 2.32. The van der Waals surface area contributed by atoms with E-state index in [9.17, 15) is 9.59 Å². The number of anilines is 1. The van der Waals surface area contributed by atoms with Crippen molar-refractivity contribution in [1.82, 2.24) is 0 Å². The fourth-order valence-corrected chi connectivity index (χ4v) is 1.56. The van der Waals surface area contributed by atoms with Crippen LogP contribution in [0.2, 0.25) is 0 Å². The molecular weight excluding hydrogens is 196 g/mol. The van der Waals surface area contributed by atoms with Crippen LogP contribution in [-0.4, -0.2) is 23.7 Å². The van der Waals surface area contributed by atoms with Crippen LogP contribution in [0.5, 0.6) is 0 Å². The van der Waals surface area contributed by atoms with Gasteiger partial charge in [0.05, 0.1) is 5.69 Å². The summed E-state index contributed by atoms with van der Waals surface area (Å²) in [6, 6.07) is 8.93. The van der Waals surface area contributed by atoms with E-state index in [4.69, 9.17) is 0 Å². The van der Waals surface area contributed by atoms with Crippen molar-refractivity contribution in [3.05, 3.63) is 30.3 Å². The van der Waals surface area contributed by atoms with Crippen molar-refractivity contribution in [2.24, 2.45) is 5.10 Å². The van der Waals surface area contributed by atoms with Crippen molar-refractivity contribution in [2.75, 3.05) is 5.01 Å². The predicted molar refractivity (Wildman–Crippen MR) is 51.2 cm³/mol. The van der Waals surface area contributed by atoms with Gasteiger partial charge in [0.25, 0.3) is 5.91 Å². The second-order valence-electron chi connectivity index (χ2n) is 3.26. The molecule has 1 atom stereocenters. The average Bonchev–Trinajstić information content (AvgIpc) is 2.52. The van der Waals surface area contributed by atoms with E-state index in [1.165, 1.54) is 5.01 Å². The van der Waals surface area contributed by atoms with Crippen LogP contribution in [-0.2, 0) is 14.3 Å². The Labute approximate surface area is 84.9 Å². The second-order valence-corrected chi connectivity index (χ2v) is 3.26. The van der Waals surface area contributed by atoms with E-state index in [1.54, 1.807) is 24.3 Å². The summed E-state index contributed by atoms with van der Waals surface area (Å²) >= 11 is 0. The summed E-state index contributed by atoms with van der Waals surface area (Å²) in [5, 5.41) is 5.11. The van der Waals surface area contributed by atoms with Gasteiger partial charge in [-0.1, -0.05) is 18.2 Å². The summed E-state index contributed by atoms with van der Waals surface area (Å²) in [5.74, 6) is -0.817. The van der Waals surface area contributed by atoms with Gasteiger partial charge in [-0.2, -0.15) is 10.1 Å². The van der Waals surface area contributed by atoms with E-state index in [-0.39, 0.29) is 11.6 Å². The Morgan fingerprint density at radius 2 is 1.93 bits per heavy atom. The summed E-state index contributed by atoms with van der Waals surface area (Å²) < 4.78 is 4.67. The molecule has 1 aromatic carbocycles. The average molecular weight is 202 g/mol. The lowest BCUT2D eigenvalue weighted by molar-refractivity contribution is -0.151. The number of hydrogen-bond acceptors (Lipinski definition) is 4. The lowest BCUT2D eigenvalue weighted by Gasteiger charge is -2.19. The molecule has 1 aromatic rings. The van der Waals surface area contributed by atoms with Crippen LogP contribution in [0, 0.1) is 0 Å². The lowest BCUT2D eigenvalue weighted by Crippen LogP contribution is -2.48. The van der Waals surface area contributed by atoms with Crippen LogP contribution in [0.3, 0.4) is 0 Å². The van der Waals surface area contributed by atoms with Crippen molar-refractivity contribution < 1.29 is 14.3 Å². The number of esters is 1. The number of hydrogen-bond donors (Lipinski definition) is 0. The van der Waals surface area contributed by atoms with E-state index in [0.29, 0.717) is 5.69 Å². The minimum atomic E-state index is -0.780. The fourth-order valence-electron chi connectivity index (χ4n) is 1.56. The van der Waals surface area contributed by atoms with Gasteiger partial charge in [0.2, 0.25) is 6.10 Å². The first-order valence-corrected chi connectivity index (χ1v) is 4.46. The number of rotatable bonds is 1. The number of carbonyl (C=O) groups is 2. The zero-order chi connectivity index (χ0) is 10.4. The molecule has 1 fully saturated rings. The molecule has 2 aliphatic rings. The van der Waals surface area contributed by atoms with Crippen molar-refractivity contribution in [3.63, 3.8) is 0 Å². The molecule has 0 radical (unpaired) electrons. The molecular formula is C10H6N2O3. The first-order chi connectivity index (χ1) is 7.27. The van der Waals surface area contributed by atoms with Crippen LogP contribution in [0.4, 0.5) is 5.69 Å². The summed E-state index contributed by atoms with van der Waals surface area (Å²) in [6.45, 7) is 0. The third kappa shape index (κ3) is 0.999. The van der Waals surface area contributed by atoms with Gasteiger partial charge in [-0.05, 0) is 12.1 Å². The Morgan fingerprint density at radius 3 is 2.53 bits per heavy atom. The van der Waals surface area contributed by atoms with Gasteiger partial charge in [0, 0.05) is 0 Å². The second kappa shape index (κ2) is 2.66. The van der Waals surface area contributed by atoms with Crippen LogP contribution in [0.1, 0.15) is 0 Å². The highest BCUT2D eigenvalue weighted by molar-refractivity contribution is 6.51. The van der Waals surface area contributed by atoms with E-state index >= 15 is 0 Å². The topological polar surface area (TPSA) is 59.0 Å². The maximum absolute atomic E-state index is 11.6. The molecule has 5 nitrogen and oxygen atoms in total. The maximum atomic E-state index is 11.6. The van der Waals surface area contributed by atoms with Gasteiger partial charge in [-0.3, -0.25) is 4.79 Å². The predicted octanol–water partition coefficient (Wildman–Crippen LogP) is 0.315. The molecule has 1 saturated heterocycles. The molecule has 0 aromatic heterocycles. The van der Waals surface area contributed by atoms with Crippen molar-refractivity contribution >= 4 is 23.3 Å². The van der Waals surface area contributed by atoms with Gasteiger partial charge >= 0.3 is 5.97 Å². The largest absolute Gasteiger partial charge is 0.440 e. The Bertz CT molecular complexity index is 481. The van der Waals surface area contributed by atoms with E-state index in [0.717, 1.165) is 0 Å². The van der Waals surface area contributed by atoms with E-state index in [2.05, 4.69) is 9.84 Å². The van der Waals surface area contributed by atoms with Gasteiger partial charge < -0.3 is 4.74 Å². The highest BCUT2D eigenvalue weighted by atomic mass is 16.6. The van der Waals surface area contributed by atoms with Gasteiger partial charge in [0.1, 0.15) is 0 Å². The van der Waals surface area contributed by atoms with Crippen LogP contribution in [0.15, 0.2) is 35.4 Å². The van der Waals surface area contributed by atoms with Crippen LogP contribution < -0.4 is 5.01 Å². The first kappa shape index (κ1) is 8.16. The first-order valence-electron chi connectivity index (χ1n) is 4.46. The molecule has 1 unspecified atom stereocenters. The highest BCUT2D eigenvalue weighted by Crippen LogP contribution is 2.26. The molecule has 2 heterocycles. The standard InChI is InChI=1S/C10H6N2O3/c13-9-8-7(10(14)15-8)11-12(9)6-4-2-1-3-5-6/h1-5,8H. The van der Waals surface area contributed by atoms with Crippen LogP contribution in [0.25, 0.3) is 0 Å². The summed E-state index contributed by atoms with van der Waals surface area (Å²) in [4.78, 5) is 22.5. The van der Waals surface area contributed by atoms with Gasteiger partial charge in [-0.25, -0.2) is 4.79 Å². The minimum Gasteiger partial charge on any atom is -0.440 e. The summed E-state index contributed by atoms with van der Waals surface area (Å²) in [6.07, 6.45) is -0.780. The maximum Gasteiger partial charge on any atom is 0.360 e. The number of carbonyl (C=O) groups excluding carboxylic acids is 2. The van der Waals surface area contributed by atoms with Crippen molar-refractivity contribution in [2.45, 2.75) is 6.10 Å². The Balaban J connectivity index is 1.99. The van der Waals surface area contributed by atoms with Crippen molar-refractivity contribution in [3.8, 4) is 0 Å². The van der Waals surface area contributed by atoms with Gasteiger partial charge in [0.15, 0.2) is 5.71 Å². The normalized spacial score (nSPS) is 23.1. The summed E-state index contributed by atoms with van der Waals surface area (Å²) in [7, 11) is 0. The molecule has 1 amide bonds. The minimum absolute atomic E-state index is 0.198. The molecule has 2 aliphatic heterocycles. The molecule has 5 heteroatoms. The molecule has 15 heavy (non-hydrogen) atoms. The number of amides is 1. The van der Waals surface area contributed by atoms with Crippen LogP contribution >= 0.6 is 0 Å². The Hall–Kier alpha value is -2.17. The molecule has 0 bridgehead atoms. The number of para-hydroxylation sites is 1. The monoisotopic (exact) mass is 202 g/mol. The number of benzene rings is 1. The Kier molecular flexibility index (Phi) is 1.45. The zero-order valence-corrected chi connectivity index (χ0v) is 7.58. The highest BCUT2D eigenvalue weighted by Gasteiger charge is 2.51. The quantitative estimate of drug-likeness (QED) is 0.616. The molecule has 0 aliphatic carbocycles. The zero-order valence-electron chi connectivity index (χ0n) is 7.58.